The highest BCUT2D eigenvalue weighted by Gasteiger charge is 2.13. The van der Waals surface area contributed by atoms with E-state index in [1.807, 2.05) is 0 Å². The Bertz CT molecular complexity index is 1090. The average molecular weight is 417 g/mol. The molecule has 3 aromatic rings. The number of sulfone groups is 1. The lowest BCUT2D eigenvalue weighted by Gasteiger charge is -2.07. The first-order chi connectivity index (χ1) is 13.9. The van der Waals surface area contributed by atoms with Crippen molar-refractivity contribution in [1.82, 2.24) is 10.1 Å². The number of hydrogen-bond acceptors (Lipinski definition) is 6. The Hall–Kier alpha value is -3.07. The molecule has 0 unspecified atom stereocenters. The molecular weight excluding hydrogens is 397 g/mol. The Morgan fingerprint density at radius 3 is 2.66 bits per heavy atom. The first-order valence-corrected chi connectivity index (χ1v) is 10.7. The third-order valence-electron chi connectivity index (χ3n) is 4.22. The van der Waals surface area contributed by atoms with Crippen LogP contribution in [-0.2, 0) is 21.1 Å². The zero-order valence-corrected chi connectivity index (χ0v) is 16.6. The van der Waals surface area contributed by atoms with Gasteiger partial charge in [-0.1, -0.05) is 18.1 Å². The molecule has 7 nitrogen and oxygen atoms in total. The van der Waals surface area contributed by atoms with Crippen molar-refractivity contribution in [2.24, 2.45) is 0 Å². The molecule has 1 amide bonds. The maximum atomic E-state index is 13.0. The number of nitrogens with one attached hydrogen (secondary N) is 1. The van der Waals surface area contributed by atoms with E-state index in [0.717, 1.165) is 0 Å². The zero-order valence-electron chi connectivity index (χ0n) is 15.8. The van der Waals surface area contributed by atoms with Crippen molar-refractivity contribution in [3.05, 3.63) is 60.2 Å². The van der Waals surface area contributed by atoms with Crippen LogP contribution in [0.15, 0.2) is 57.9 Å². The SMILES string of the molecule is CCS(=O)(=O)c1cccc(NC(=O)CCCc2nc(-c3ccc(F)cc3)no2)c1. The van der Waals surface area contributed by atoms with Crippen LogP contribution in [0.25, 0.3) is 11.4 Å². The van der Waals surface area contributed by atoms with Gasteiger partial charge in [-0.15, -0.1) is 0 Å². The number of aromatic nitrogens is 2. The predicted molar refractivity (Wildman–Crippen MR) is 105 cm³/mol. The molecule has 0 spiro atoms. The van der Waals surface area contributed by atoms with Crippen molar-refractivity contribution in [3.63, 3.8) is 0 Å². The van der Waals surface area contributed by atoms with E-state index in [0.29, 0.717) is 35.8 Å². The summed E-state index contributed by atoms with van der Waals surface area (Å²) in [6.45, 7) is 1.57. The van der Waals surface area contributed by atoms with Gasteiger partial charge < -0.3 is 9.84 Å². The van der Waals surface area contributed by atoms with Crippen LogP contribution in [0, 0.1) is 5.82 Å². The molecular formula is C20H20FN3O4S. The topological polar surface area (TPSA) is 102 Å². The van der Waals surface area contributed by atoms with E-state index in [-0.39, 0.29) is 28.8 Å². The average Bonchev–Trinajstić information content (AvgIpc) is 3.17. The first-order valence-electron chi connectivity index (χ1n) is 9.08. The van der Waals surface area contributed by atoms with Crippen molar-refractivity contribution in [1.29, 1.82) is 0 Å². The highest BCUT2D eigenvalue weighted by molar-refractivity contribution is 7.91. The van der Waals surface area contributed by atoms with Crippen LogP contribution in [0.2, 0.25) is 0 Å². The number of benzene rings is 2. The number of hydrogen-bond donors (Lipinski definition) is 1. The summed E-state index contributed by atoms with van der Waals surface area (Å²) in [5.41, 5.74) is 1.07. The summed E-state index contributed by atoms with van der Waals surface area (Å²) < 4.78 is 42.0. The minimum atomic E-state index is -3.33. The van der Waals surface area contributed by atoms with Crippen LogP contribution in [-0.4, -0.2) is 30.2 Å². The van der Waals surface area contributed by atoms with Crippen LogP contribution in [0.1, 0.15) is 25.7 Å². The number of halogens is 1. The molecule has 1 N–H and O–H groups in total. The zero-order chi connectivity index (χ0) is 20.9. The second kappa shape index (κ2) is 8.95. The molecule has 152 valence electrons. The van der Waals surface area contributed by atoms with Crippen LogP contribution in [0.4, 0.5) is 10.1 Å². The fourth-order valence-electron chi connectivity index (χ4n) is 2.63. The standard InChI is InChI=1S/C20H20FN3O4S/c1-2-29(26,27)17-6-3-5-16(13-17)22-18(25)7-4-8-19-23-20(24-28-19)14-9-11-15(21)12-10-14/h3,5-6,9-13H,2,4,7-8H2,1H3,(H,22,25). The molecule has 0 radical (unpaired) electrons. The minimum Gasteiger partial charge on any atom is -0.339 e. The second-order valence-corrected chi connectivity index (χ2v) is 8.63. The number of rotatable bonds is 8. The summed E-state index contributed by atoms with van der Waals surface area (Å²) in [6.07, 6.45) is 1.09. The second-order valence-electron chi connectivity index (χ2n) is 6.35. The Morgan fingerprint density at radius 1 is 1.17 bits per heavy atom. The largest absolute Gasteiger partial charge is 0.339 e. The monoisotopic (exact) mass is 417 g/mol. The van der Waals surface area contributed by atoms with Crippen molar-refractivity contribution < 1.29 is 22.1 Å². The van der Waals surface area contributed by atoms with Gasteiger partial charge in [0.15, 0.2) is 9.84 Å². The third-order valence-corrected chi connectivity index (χ3v) is 5.95. The highest BCUT2D eigenvalue weighted by Crippen LogP contribution is 2.18. The van der Waals surface area contributed by atoms with Gasteiger partial charge >= 0.3 is 0 Å². The van der Waals surface area contributed by atoms with Gasteiger partial charge in [0.05, 0.1) is 10.6 Å². The highest BCUT2D eigenvalue weighted by atomic mass is 32.2. The van der Waals surface area contributed by atoms with Crippen molar-refractivity contribution >= 4 is 21.4 Å². The first kappa shape index (κ1) is 20.7. The summed E-state index contributed by atoms with van der Waals surface area (Å²) in [6, 6.07) is 11.9. The lowest BCUT2D eigenvalue weighted by atomic mass is 10.2. The van der Waals surface area contributed by atoms with Crippen molar-refractivity contribution in [2.75, 3.05) is 11.1 Å². The molecule has 0 atom stereocenters. The summed E-state index contributed by atoms with van der Waals surface area (Å²) in [7, 11) is -3.33. The van der Waals surface area contributed by atoms with Gasteiger partial charge in [-0.2, -0.15) is 4.98 Å². The van der Waals surface area contributed by atoms with E-state index in [9.17, 15) is 17.6 Å². The van der Waals surface area contributed by atoms with Gasteiger partial charge in [-0.3, -0.25) is 4.79 Å². The summed E-state index contributed by atoms with van der Waals surface area (Å²) >= 11 is 0. The maximum absolute atomic E-state index is 13.0. The smallest absolute Gasteiger partial charge is 0.226 e. The van der Waals surface area contributed by atoms with Gasteiger partial charge in [0.1, 0.15) is 5.82 Å². The molecule has 1 heterocycles. The molecule has 0 bridgehead atoms. The normalized spacial score (nSPS) is 11.4. The lowest BCUT2D eigenvalue weighted by Crippen LogP contribution is -2.12. The fraction of sp³-hybridized carbons (Fsp3) is 0.250. The van der Waals surface area contributed by atoms with E-state index in [4.69, 9.17) is 4.52 Å². The number of nitrogens with zero attached hydrogens (tertiary/aromatic N) is 2. The summed E-state index contributed by atoms with van der Waals surface area (Å²) in [4.78, 5) is 16.5. The molecule has 9 heteroatoms. The summed E-state index contributed by atoms with van der Waals surface area (Å²) in [5.74, 6) is 0.149. The van der Waals surface area contributed by atoms with E-state index >= 15 is 0 Å². The molecule has 0 aliphatic rings. The van der Waals surface area contributed by atoms with Crippen molar-refractivity contribution in [3.8, 4) is 11.4 Å². The Balaban J connectivity index is 1.52. The number of carbonyl (C=O) groups is 1. The lowest BCUT2D eigenvalue weighted by molar-refractivity contribution is -0.116. The van der Waals surface area contributed by atoms with Crippen LogP contribution < -0.4 is 5.32 Å². The van der Waals surface area contributed by atoms with E-state index < -0.39 is 9.84 Å². The molecule has 0 aliphatic heterocycles. The molecule has 0 saturated carbocycles. The number of amides is 1. The molecule has 0 aliphatic carbocycles. The number of aryl methyl sites for hydroxylation is 1. The van der Waals surface area contributed by atoms with Crippen molar-refractivity contribution in [2.45, 2.75) is 31.1 Å². The minimum absolute atomic E-state index is 0.00546. The summed E-state index contributed by atoms with van der Waals surface area (Å²) in [5, 5.41) is 6.55. The third kappa shape index (κ3) is 5.47. The van der Waals surface area contributed by atoms with E-state index in [1.165, 1.54) is 24.3 Å². The van der Waals surface area contributed by atoms with Crippen LogP contribution in [0.5, 0.6) is 0 Å². The van der Waals surface area contributed by atoms with Gasteiger partial charge in [0.2, 0.25) is 17.6 Å². The van der Waals surface area contributed by atoms with Gasteiger partial charge in [-0.05, 0) is 48.9 Å². The molecule has 0 fully saturated rings. The molecule has 3 rings (SSSR count). The Kier molecular flexibility index (Phi) is 6.38. The molecule has 0 saturated heterocycles. The molecule has 2 aromatic carbocycles. The quantitative estimate of drug-likeness (QED) is 0.600. The molecule has 29 heavy (non-hydrogen) atoms. The van der Waals surface area contributed by atoms with Gasteiger partial charge in [-0.25, -0.2) is 12.8 Å². The van der Waals surface area contributed by atoms with E-state index in [2.05, 4.69) is 15.5 Å². The van der Waals surface area contributed by atoms with Crippen LogP contribution in [0.3, 0.4) is 0 Å². The Labute approximate surface area is 167 Å². The molecule has 1 aromatic heterocycles. The Morgan fingerprint density at radius 2 is 1.93 bits per heavy atom. The van der Waals surface area contributed by atoms with E-state index in [1.54, 1.807) is 31.2 Å². The number of carbonyl (C=O) groups excluding carboxylic acids is 1. The maximum Gasteiger partial charge on any atom is 0.226 e. The number of anilines is 1. The fourth-order valence-corrected chi connectivity index (χ4v) is 3.56. The van der Waals surface area contributed by atoms with Gasteiger partial charge in [0.25, 0.3) is 0 Å². The van der Waals surface area contributed by atoms with Crippen LogP contribution >= 0.6 is 0 Å². The predicted octanol–water partition coefficient (Wildman–Crippen LogP) is 3.63. The van der Waals surface area contributed by atoms with Gasteiger partial charge in [0, 0.05) is 24.1 Å².